The number of benzene rings is 1. The van der Waals surface area contributed by atoms with Gasteiger partial charge in [-0.1, -0.05) is 0 Å². The number of nitrogens with zero attached hydrogens (tertiary/aromatic N) is 1. The van der Waals surface area contributed by atoms with Crippen LogP contribution in [0.15, 0.2) is 12.1 Å². The zero-order chi connectivity index (χ0) is 11.4. The van der Waals surface area contributed by atoms with Gasteiger partial charge in [-0.15, -0.1) is 11.6 Å². The Morgan fingerprint density at radius 2 is 2.27 bits per heavy atom. The highest BCUT2D eigenvalue weighted by molar-refractivity contribution is 6.17. The summed E-state index contributed by atoms with van der Waals surface area (Å²) in [6, 6.07) is 5.29. The van der Waals surface area contributed by atoms with Gasteiger partial charge in [0.1, 0.15) is 0 Å². The van der Waals surface area contributed by atoms with E-state index in [1.54, 1.807) is 19.1 Å². The fraction of sp³-hybridized carbons (Fsp3) is 0.273. The fourth-order valence-electron chi connectivity index (χ4n) is 1.28. The average Bonchev–Trinajstić information content (AvgIpc) is 2.27. The number of ether oxygens (including phenoxy) is 1. The van der Waals surface area contributed by atoms with Gasteiger partial charge >= 0.3 is 5.97 Å². The largest absolute Gasteiger partial charge is 0.465 e. The van der Waals surface area contributed by atoms with E-state index in [2.05, 4.69) is 4.74 Å². The van der Waals surface area contributed by atoms with Gasteiger partial charge < -0.3 is 4.74 Å². The molecule has 3 nitrogen and oxygen atoms in total. The maximum atomic E-state index is 11.4. The zero-order valence-corrected chi connectivity index (χ0v) is 9.26. The first-order valence-corrected chi connectivity index (χ1v) is 4.85. The standard InChI is InChI=1S/C11H10ClNO2/c1-7-3-10(11(14)15-2)8(5-12)4-9(7)6-13/h3-4H,5H2,1-2H3. The molecule has 0 fully saturated rings. The van der Waals surface area contributed by atoms with Crippen molar-refractivity contribution >= 4 is 17.6 Å². The zero-order valence-electron chi connectivity index (χ0n) is 8.50. The minimum Gasteiger partial charge on any atom is -0.465 e. The van der Waals surface area contributed by atoms with Crippen LogP contribution in [-0.4, -0.2) is 13.1 Å². The summed E-state index contributed by atoms with van der Waals surface area (Å²) in [5.74, 6) is -0.252. The second-order valence-electron chi connectivity index (χ2n) is 3.06. The van der Waals surface area contributed by atoms with Gasteiger partial charge in [-0.2, -0.15) is 5.26 Å². The Hall–Kier alpha value is -1.53. The van der Waals surface area contributed by atoms with Crippen molar-refractivity contribution in [1.82, 2.24) is 0 Å². The van der Waals surface area contributed by atoms with Gasteiger partial charge in [-0.25, -0.2) is 4.79 Å². The van der Waals surface area contributed by atoms with Gasteiger partial charge in [-0.3, -0.25) is 0 Å². The fourth-order valence-corrected chi connectivity index (χ4v) is 1.50. The monoisotopic (exact) mass is 223 g/mol. The summed E-state index contributed by atoms with van der Waals surface area (Å²) in [6.45, 7) is 1.77. The topological polar surface area (TPSA) is 50.1 Å². The Bertz CT molecular complexity index is 435. The smallest absolute Gasteiger partial charge is 0.338 e. The van der Waals surface area contributed by atoms with Crippen molar-refractivity contribution in [3.8, 4) is 6.07 Å². The van der Waals surface area contributed by atoms with E-state index in [1.165, 1.54) is 7.11 Å². The summed E-state index contributed by atoms with van der Waals surface area (Å²) in [6.07, 6.45) is 0. The van der Waals surface area contributed by atoms with Crippen LogP contribution in [-0.2, 0) is 10.6 Å². The molecular formula is C11H10ClNO2. The molecule has 78 valence electrons. The lowest BCUT2D eigenvalue weighted by Gasteiger charge is -2.07. The van der Waals surface area contributed by atoms with E-state index < -0.39 is 5.97 Å². The summed E-state index contributed by atoms with van der Waals surface area (Å²) in [7, 11) is 1.31. The molecule has 0 unspecified atom stereocenters. The van der Waals surface area contributed by atoms with Gasteiger partial charge in [0.15, 0.2) is 0 Å². The second-order valence-corrected chi connectivity index (χ2v) is 3.33. The molecule has 4 heteroatoms. The number of esters is 1. The molecule has 0 atom stereocenters. The van der Waals surface area contributed by atoms with Crippen LogP contribution < -0.4 is 0 Å². The average molecular weight is 224 g/mol. The van der Waals surface area contributed by atoms with E-state index in [-0.39, 0.29) is 5.88 Å². The third kappa shape index (κ3) is 2.28. The lowest BCUT2D eigenvalue weighted by atomic mass is 10.0. The molecule has 0 aliphatic carbocycles. The van der Waals surface area contributed by atoms with E-state index >= 15 is 0 Å². The Morgan fingerprint density at radius 3 is 2.73 bits per heavy atom. The Labute approximate surface area is 93.2 Å². The number of hydrogen-bond acceptors (Lipinski definition) is 3. The summed E-state index contributed by atoms with van der Waals surface area (Å²) >= 11 is 5.70. The van der Waals surface area contributed by atoms with E-state index in [9.17, 15) is 4.79 Å². The first-order chi connectivity index (χ1) is 7.13. The summed E-state index contributed by atoms with van der Waals surface area (Å²) in [5.41, 5.74) is 2.31. The third-order valence-corrected chi connectivity index (χ3v) is 2.41. The van der Waals surface area contributed by atoms with Crippen molar-refractivity contribution < 1.29 is 9.53 Å². The van der Waals surface area contributed by atoms with Crippen LogP contribution in [0.4, 0.5) is 0 Å². The van der Waals surface area contributed by atoms with E-state index in [1.807, 2.05) is 6.07 Å². The van der Waals surface area contributed by atoms with Crippen LogP contribution in [0, 0.1) is 18.3 Å². The summed E-state index contributed by atoms with van der Waals surface area (Å²) in [4.78, 5) is 11.4. The van der Waals surface area contributed by atoms with E-state index in [4.69, 9.17) is 16.9 Å². The van der Waals surface area contributed by atoms with Crippen molar-refractivity contribution in [2.45, 2.75) is 12.8 Å². The number of methoxy groups -OCH3 is 1. The Morgan fingerprint density at radius 1 is 1.60 bits per heavy atom. The predicted molar refractivity (Wildman–Crippen MR) is 56.8 cm³/mol. The maximum absolute atomic E-state index is 11.4. The van der Waals surface area contributed by atoms with Crippen molar-refractivity contribution in [3.05, 3.63) is 34.4 Å². The van der Waals surface area contributed by atoms with Gasteiger partial charge in [0, 0.05) is 5.88 Å². The minimum atomic E-state index is -0.432. The molecule has 0 aliphatic heterocycles. The lowest BCUT2D eigenvalue weighted by Crippen LogP contribution is -2.06. The third-order valence-electron chi connectivity index (χ3n) is 2.12. The maximum Gasteiger partial charge on any atom is 0.338 e. The molecule has 0 saturated carbocycles. The molecule has 0 aromatic heterocycles. The van der Waals surface area contributed by atoms with Crippen molar-refractivity contribution in [1.29, 1.82) is 5.26 Å². The molecule has 0 radical (unpaired) electrons. The highest BCUT2D eigenvalue weighted by atomic mass is 35.5. The molecule has 0 aliphatic rings. The van der Waals surface area contributed by atoms with Gasteiger partial charge in [0.2, 0.25) is 0 Å². The number of halogens is 1. The molecule has 0 amide bonds. The number of hydrogen-bond donors (Lipinski definition) is 0. The highest BCUT2D eigenvalue weighted by Gasteiger charge is 2.13. The lowest BCUT2D eigenvalue weighted by molar-refractivity contribution is 0.0599. The molecule has 1 rings (SSSR count). The van der Waals surface area contributed by atoms with Crippen molar-refractivity contribution in [3.63, 3.8) is 0 Å². The summed E-state index contributed by atoms with van der Waals surface area (Å²) < 4.78 is 4.63. The van der Waals surface area contributed by atoms with Crippen LogP contribution in [0.25, 0.3) is 0 Å². The molecule has 0 spiro atoms. The molecule has 1 aromatic rings. The van der Waals surface area contributed by atoms with Gasteiger partial charge in [0.05, 0.1) is 24.3 Å². The van der Waals surface area contributed by atoms with Crippen LogP contribution in [0.3, 0.4) is 0 Å². The number of nitriles is 1. The molecule has 1 aromatic carbocycles. The highest BCUT2D eigenvalue weighted by Crippen LogP contribution is 2.18. The van der Waals surface area contributed by atoms with Gasteiger partial charge in [-0.05, 0) is 30.2 Å². The first-order valence-electron chi connectivity index (χ1n) is 4.32. The molecular weight excluding hydrogens is 214 g/mol. The predicted octanol–water partition coefficient (Wildman–Crippen LogP) is 2.39. The molecule has 15 heavy (non-hydrogen) atoms. The van der Waals surface area contributed by atoms with Gasteiger partial charge in [0.25, 0.3) is 0 Å². The van der Waals surface area contributed by atoms with E-state index in [0.29, 0.717) is 16.7 Å². The summed E-state index contributed by atoms with van der Waals surface area (Å²) in [5, 5.41) is 8.82. The molecule has 0 saturated heterocycles. The first kappa shape index (κ1) is 11.5. The minimum absolute atomic E-state index is 0.180. The second kappa shape index (κ2) is 4.81. The normalized spacial score (nSPS) is 9.47. The quantitative estimate of drug-likeness (QED) is 0.571. The molecule has 0 bridgehead atoms. The Balaban J connectivity index is 3.35. The molecule has 0 heterocycles. The van der Waals surface area contributed by atoms with Crippen molar-refractivity contribution in [2.24, 2.45) is 0 Å². The van der Waals surface area contributed by atoms with Crippen LogP contribution in [0.1, 0.15) is 27.0 Å². The van der Waals surface area contributed by atoms with E-state index in [0.717, 1.165) is 5.56 Å². The number of alkyl halides is 1. The van der Waals surface area contributed by atoms with Crippen LogP contribution >= 0.6 is 11.6 Å². The van der Waals surface area contributed by atoms with Crippen LogP contribution in [0.5, 0.6) is 0 Å². The Kier molecular flexibility index (Phi) is 3.70. The number of aryl methyl sites for hydroxylation is 1. The number of carbonyl (C=O) groups excluding carboxylic acids is 1. The number of carbonyl (C=O) groups is 1. The van der Waals surface area contributed by atoms with Crippen molar-refractivity contribution in [2.75, 3.05) is 7.11 Å². The van der Waals surface area contributed by atoms with Crippen LogP contribution in [0.2, 0.25) is 0 Å². The SMILES string of the molecule is COC(=O)c1cc(C)c(C#N)cc1CCl. The number of rotatable bonds is 2. The molecule has 0 N–H and O–H groups in total.